The molecule has 0 aliphatic heterocycles. The van der Waals surface area contributed by atoms with Gasteiger partial charge in [-0.1, -0.05) is 20.7 Å². The average molecular weight is 156 g/mol. The third kappa shape index (κ3) is 1.35. The Kier molecular flexibility index (Phi) is 2.39. The number of halogens is 1. The molecule has 0 bridgehead atoms. The Bertz CT molecular complexity index is 212. The number of aryl methyl sites for hydroxylation is 1. The maximum atomic E-state index is 12.9. The van der Waals surface area contributed by atoms with Gasteiger partial charge in [-0.15, -0.1) is 0 Å². The van der Waals surface area contributed by atoms with Gasteiger partial charge in [-0.05, 0) is 25.2 Å². The smallest absolute Gasteiger partial charge is 0.130 e. The van der Waals surface area contributed by atoms with Crippen LogP contribution in [-0.4, -0.2) is 6.66 Å². The second kappa shape index (κ2) is 3.12. The van der Waals surface area contributed by atoms with Gasteiger partial charge in [0.05, 0.1) is 0 Å². The number of benzene rings is 1. The Hall–Kier alpha value is -0.420. The zero-order chi connectivity index (χ0) is 7.56. The van der Waals surface area contributed by atoms with Crippen molar-refractivity contribution in [1.82, 2.24) is 0 Å². The predicted octanol–water partition coefficient (Wildman–Crippen LogP) is 2.07. The van der Waals surface area contributed by atoms with E-state index in [0.717, 1.165) is 10.9 Å². The van der Waals surface area contributed by atoms with Crippen molar-refractivity contribution in [3.63, 3.8) is 0 Å². The highest BCUT2D eigenvalue weighted by Crippen LogP contribution is 2.10. The van der Waals surface area contributed by atoms with Crippen LogP contribution in [0.15, 0.2) is 18.2 Å². The molecule has 0 aromatic heterocycles. The Morgan fingerprint density at radius 3 is 2.50 bits per heavy atom. The SMILES string of the molecule is CPc1c(C)cccc1F. The van der Waals surface area contributed by atoms with Gasteiger partial charge in [-0.25, -0.2) is 4.39 Å². The summed E-state index contributed by atoms with van der Waals surface area (Å²) in [5.74, 6) is -0.0687. The minimum Gasteiger partial charge on any atom is -0.206 e. The number of hydrogen-bond donors (Lipinski definition) is 0. The Labute approximate surface area is 62.2 Å². The zero-order valence-corrected chi connectivity index (χ0v) is 7.11. The van der Waals surface area contributed by atoms with Gasteiger partial charge in [0.25, 0.3) is 0 Å². The minimum atomic E-state index is -0.0687. The molecule has 0 N–H and O–H groups in total. The maximum Gasteiger partial charge on any atom is 0.130 e. The standard InChI is InChI=1S/C8H10FP/c1-6-4-3-5-7(9)8(6)10-2/h3-5,10H,1-2H3. The van der Waals surface area contributed by atoms with Crippen molar-refractivity contribution < 1.29 is 4.39 Å². The minimum absolute atomic E-state index is 0.0687. The molecule has 1 atom stereocenters. The molecule has 10 heavy (non-hydrogen) atoms. The van der Waals surface area contributed by atoms with Crippen LogP contribution < -0.4 is 5.30 Å². The van der Waals surface area contributed by atoms with Crippen molar-refractivity contribution in [2.24, 2.45) is 0 Å². The van der Waals surface area contributed by atoms with Gasteiger partial charge in [0.15, 0.2) is 0 Å². The summed E-state index contributed by atoms with van der Waals surface area (Å²) in [7, 11) is 0.553. The summed E-state index contributed by atoms with van der Waals surface area (Å²) >= 11 is 0. The van der Waals surface area contributed by atoms with Crippen LogP contribution in [0.4, 0.5) is 4.39 Å². The van der Waals surface area contributed by atoms with E-state index in [1.807, 2.05) is 19.7 Å². The summed E-state index contributed by atoms with van der Waals surface area (Å²) in [4.78, 5) is 0. The monoisotopic (exact) mass is 156 g/mol. The lowest BCUT2D eigenvalue weighted by atomic mass is 10.2. The molecule has 0 aliphatic carbocycles. The van der Waals surface area contributed by atoms with Crippen molar-refractivity contribution in [2.45, 2.75) is 6.92 Å². The van der Waals surface area contributed by atoms with E-state index >= 15 is 0 Å². The van der Waals surface area contributed by atoms with Crippen LogP contribution in [0.25, 0.3) is 0 Å². The van der Waals surface area contributed by atoms with E-state index in [2.05, 4.69) is 0 Å². The fourth-order valence-corrected chi connectivity index (χ4v) is 1.75. The number of hydrogen-bond acceptors (Lipinski definition) is 0. The first-order chi connectivity index (χ1) is 4.75. The highest BCUT2D eigenvalue weighted by molar-refractivity contribution is 7.46. The predicted molar refractivity (Wildman–Crippen MR) is 45.0 cm³/mol. The lowest BCUT2D eigenvalue weighted by Crippen LogP contribution is -2.04. The van der Waals surface area contributed by atoms with E-state index in [0.29, 0.717) is 8.58 Å². The molecule has 0 fully saturated rings. The van der Waals surface area contributed by atoms with Crippen molar-refractivity contribution in [1.29, 1.82) is 0 Å². The molecular weight excluding hydrogens is 146 g/mol. The van der Waals surface area contributed by atoms with Crippen molar-refractivity contribution in [2.75, 3.05) is 6.66 Å². The van der Waals surface area contributed by atoms with Crippen LogP contribution in [0.1, 0.15) is 5.56 Å². The van der Waals surface area contributed by atoms with Crippen molar-refractivity contribution >= 4 is 13.9 Å². The summed E-state index contributed by atoms with van der Waals surface area (Å²) in [6.07, 6.45) is 0. The van der Waals surface area contributed by atoms with Crippen LogP contribution in [0.2, 0.25) is 0 Å². The molecule has 0 radical (unpaired) electrons. The van der Waals surface area contributed by atoms with Gasteiger partial charge < -0.3 is 0 Å². The summed E-state index contributed by atoms with van der Waals surface area (Å²) in [6, 6.07) is 5.20. The molecule has 2 heteroatoms. The molecule has 1 aromatic rings. The third-order valence-corrected chi connectivity index (χ3v) is 2.61. The first kappa shape index (κ1) is 7.68. The van der Waals surface area contributed by atoms with Gasteiger partial charge in [0, 0.05) is 5.30 Å². The summed E-state index contributed by atoms with van der Waals surface area (Å²) in [6.45, 7) is 3.93. The molecular formula is C8H10FP. The van der Waals surface area contributed by atoms with Crippen molar-refractivity contribution in [3.8, 4) is 0 Å². The summed E-state index contributed by atoms with van der Waals surface area (Å²) in [5.41, 5.74) is 1.06. The second-order valence-electron chi connectivity index (χ2n) is 2.18. The van der Waals surface area contributed by atoms with Crippen LogP contribution in [-0.2, 0) is 0 Å². The van der Waals surface area contributed by atoms with Gasteiger partial charge in [0.1, 0.15) is 5.82 Å². The normalized spacial score (nSPS) is 11.1. The molecule has 0 saturated heterocycles. The molecule has 0 aliphatic rings. The quantitative estimate of drug-likeness (QED) is 0.546. The Balaban J connectivity index is 3.17. The highest BCUT2D eigenvalue weighted by Gasteiger charge is 2.00. The van der Waals surface area contributed by atoms with Gasteiger partial charge in [-0.2, -0.15) is 0 Å². The summed E-state index contributed by atoms with van der Waals surface area (Å²) < 4.78 is 12.9. The van der Waals surface area contributed by atoms with Crippen LogP contribution in [0.3, 0.4) is 0 Å². The first-order valence-electron chi connectivity index (χ1n) is 3.18. The van der Waals surface area contributed by atoms with Gasteiger partial charge in [0.2, 0.25) is 0 Å². The van der Waals surface area contributed by atoms with E-state index in [1.54, 1.807) is 6.07 Å². The van der Waals surface area contributed by atoms with Crippen LogP contribution in [0, 0.1) is 12.7 Å². The van der Waals surface area contributed by atoms with Gasteiger partial charge >= 0.3 is 0 Å². The topological polar surface area (TPSA) is 0 Å². The largest absolute Gasteiger partial charge is 0.206 e. The first-order valence-corrected chi connectivity index (χ1v) is 4.68. The third-order valence-electron chi connectivity index (χ3n) is 1.47. The number of rotatable bonds is 1. The van der Waals surface area contributed by atoms with Crippen LogP contribution in [0.5, 0.6) is 0 Å². The molecule has 0 heterocycles. The summed E-state index contributed by atoms with van der Waals surface area (Å²) in [5, 5.41) is 0.863. The molecule has 0 saturated carbocycles. The molecule has 0 spiro atoms. The fourth-order valence-electron chi connectivity index (χ4n) is 0.949. The van der Waals surface area contributed by atoms with Crippen LogP contribution >= 0.6 is 8.58 Å². The maximum absolute atomic E-state index is 12.9. The molecule has 0 nitrogen and oxygen atoms in total. The molecule has 54 valence electrons. The van der Waals surface area contributed by atoms with E-state index < -0.39 is 0 Å². The molecule has 1 unspecified atom stereocenters. The zero-order valence-electron chi connectivity index (χ0n) is 6.11. The highest BCUT2D eigenvalue weighted by atomic mass is 31.1. The van der Waals surface area contributed by atoms with E-state index in [1.165, 1.54) is 6.07 Å². The Morgan fingerprint density at radius 2 is 2.10 bits per heavy atom. The average Bonchev–Trinajstić information content (AvgIpc) is 1.88. The van der Waals surface area contributed by atoms with Gasteiger partial charge in [-0.3, -0.25) is 0 Å². The lowest BCUT2D eigenvalue weighted by Gasteiger charge is -2.01. The Morgan fingerprint density at radius 1 is 1.40 bits per heavy atom. The van der Waals surface area contributed by atoms with E-state index in [4.69, 9.17) is 0 Å². The molecule has 1 rings (SSSR count). The molecule has 1 aromatic carbocycles. The lowest BCUT2D eigenvalue weighted by molar-refractivity contribution is 0.635. The van der Waals surface area contributed by atoms with E-state index in [9.17, 15) is 4.39 Å². The molecule has 0 amide bonds. The second-order valence-corrected chi connectivity index (χ2v) is 3.18. The fraction of sp³-hybridized carbons (Fsp3) is 0.250. The van der Waals surface area contributed by atoms with Crippen molar-refractivity contribution in [3.05, 3.63) is 29.6 Å². The van der Waals surface area contributed by atoms with E-state index in [-0.39, 0.29) is 5.82 Å².